The summed E-state index contributed by atoms with van der Waals surface area (Å²) in [7, 11) is 0. The van der Waals surface area contributed by atoms with E-state index in [0.29, 0.717) is 23.4 Å². The summed E-state index contributed by atoms with van der Waals surface area (Å²) in [6.45, 7) is 7.01. The van der Waals surface area contributed by atoms with Gasteiger partial charge in [0.05, 0.1) is 5.56 Å². The fourth-order valence-corrected chi connectivity index (χ4v) is 2.72. The van der Waals surface area contributed by atoms with Gasteiger partial charge in [-0.15, -0.1) is 12.6 Å². The summed E-state index contributed by atoms with van der Waals surface area (Å²) in [5, 5.41) is 2.83. The van der Waals surface area contributed by atoms with Gasteiger partial charge in [-0.25, -0.2) is 4.39 Å². The van der Waals surface area contributed by atoms with Crippen LogP contribution in [0.2, 0.25) is 0 Å². The molecule has 1 atom stereocenters. The van der Waals surface area contributed by atoms with E-state index in [1.165, 1.54) is 18.2 Å². The van der Waals surface area contributed by atoms with Crippen LogP contribution in [0.5, 0.6) is 0 Å². The second-order valence-corrected chi connectivity index (χ2v) is 6.13. The van der Waals surface area contributed by atoms with Gasteiger partial charge in [-0.1, -0.05) is 0 Å². The topological polar surface area (TPSA) is 32.3 Å². The summed E-state index contributed by atoms with van der Waals surface area (Å²) in [6.07, 6.45) is 1.08. The standard InChI is InChI=1S/C15H21FN2OS/c1-10(2)18-6-5-11(9-18)8-17-15(19)13-7-12(20)3-4-14(13)16/h3-4,7,10-11,20H,5-6,8-9H2,1-2H3,(H,17,19). The number of nitrogens with zero attached hydrogens (tertiary/aromatic N) is 1. The Kier molecular flexibility index (Phi) is 5.05. The van der Waals surface area contributed by atoms with Crippen molar-refractivity contribution < 1.29 is 9.18 Å². The number of rotatable bonds is 4. The van der Waals surface area contributed by atoms with Crippen LogP contribution in [0.1, 0.15) is 30.6 Å². The molecule has 1 aliphatic rings. The van der Waals surface area contributed by atoms with E-state index in [9.17, 15) is 9.18 Å². The number of nitrogens with one attached hydrogen (secondary N) is 1. The van der Waals surface area contributed by atoms with Gasteiger partial charge in [0.15, 0.2) is 0 Å². The Morgan fingerprint density at radius 1 is 1.55 bits per heavy atom. The largest absolute Gasteiger partial charge is 0.352 e. The number of thiol groups is 1. The third kappa shape index (κ3) is 3.73. The number of amides is 1. The molecule has 0 bridgehead atoms. The second kappa shape index (κ2) is 6.59. The molecule has 1 aromatic carbocycles. The summed E-state index contributed by atoms with van der Waals surface area (Å²) < 4.78 is 13.6. The van der Waals surface area contributed by atoms with E-state index in [0.717, 1.165) is 19.5 Å². The quantitative estimate of drug-likeness (QED) is 0.837. The van der Waals surface area contributed by atoms with Gasteiger partial charge in [0, 0.05) is 24.0 Å². The van der Waals surface area contributed by atoms with Crippen molar-refractivity contribution >= 4 is 18.5 Å². The molecule has 0 radical (unpaired) electrons. The SMILES string of the molecule is CC(C)N1CCC(CNC(=O)c2cc(S)ccc2F)C1. The van der Waals surface area contributed by atoms with Crippen LogP contribution in [-0.4, -0.2) is 36.5 Å². The smallest absolute Gasteiger partial charge is 0.254 e. The van der Waals surface area contributed by atoms with Crippen LogP contribution in [0.3, 0.4) is 0 Å². The van der Waals surface area contributed by atoms with Gasteiger partial charge < -0.3 is 10.2 Å². The number of hydrogen-bond donors (Lipinski definition) is 2. The van der Waals surface area contributed by atoms with Gasteiger partial charge in [0.25, 0.3) is 5.91 Å². The van der Waals surface area contributed by atoms with E-state index in [1.54, 1.807) is 0 Å². The third-order valence-corrected chi connectivity index (χ3v) is 4.07. The van der Waals surface area contributed by atoms with Crippen molar-refractivity contribution in [2.45, 2.75) is 31.2 Å². The van der Waals surface area contributed by atoms with Crippen molar-refractivity contribution in [3.8, 4) is 0 Å². The first-order chi connectivity index (χ1) is 9.47. The highest BCUT2D eigenvalue weighted by Crippen LogP contribution is 2.18. The number of hydrogen-bond acceptors (Lipinski definition) is 3. The van der Waals surface area contributed by atoms with Gasteiger partial charge in [0.2, 0.25) is 0 Å². The van der Waals surface area contributed by atoms with Gasteiger partial charge >= 0.3 is 0 Å². The van der Waals surface area contributed by atoms with Gasteiger partial charge in [-0.05, 0) is 50.9 Å². The lowest BCUT2D eigenvalue weighted by atomic mass is 10.1. The third-order valence-electron chi connectivity index (χ3n) is 3.79. The molecule has 0 saturated carbocycles. The summed E-state index contributed by atoms with van der Waals surface area (Å²) in [5.74, 6) is -0.416. The number of halogens is 1. The minimum Gasteiger partial charge on any atom is -0.352 e. The van der Waals surface area contributed by atoms with Crippen molar-refractivity contribution in [1.29, 1.82) is 0 Å². The molecule has 2 rings (SSSR count). The van der Waals surface area contributed by atoms with Crippen LogP contribution in [0.4, 0.5) is 4.39 Å². The zero-order valence-corrected chi connectivity index (χ0v) is 12.8. The first-order valence-corrected chi connectivity index (χ1v) is 7.43. The molecule has 0 aromatic heterocycles. The maximum Gasteiger partial charge on any atom is 0.254 e. The predicted octanol–water partition coefficient (Wildman–Crippen LogP) is 2.57. The Morgan fingerprint density at radius 3 is 2.95 bits per heavy atom. The van der Waals surface area contributed by atoms with Crippen LogP contribution >= 0.6 is 12.6 Å². The molecule has 1 saturated heterocycles. The molecule has 1 heterocycles. The number of likely N-dealkylation sites (tertiary alicyclic amines) is 1. The Labute approximate surface area is 125 Å². The molecule has 1 amide bonds. The lowest BCUT2D eigenvalue weighted by Crippen LogP contribution is -2.33. The van der Waals surface area contributed by atoms with E-state index in [-0.39, 0.29) is 11.5 Å². The summed E-state index contributed by atoms with van der Waals surface area (Å²) in [6, 6.07) is 4.80. The minimum atomic E-state index is -0.504. The first-order valence-electron chi connectivity index (χ1n) is 6.98. The molecule has 1 N–H and O–H groups in total. The average Bonchev–Trinajstić information content (AvgIpc) is 2.88. The van der Waals surface area contributed by atoms with E-state index >= 15 is 0 Å². The fourth-order valence-electron chi connectivity index (χ4n) is 2.52. The van der Waals surface area contributed by atoms with Crippen molar-refractivity contribution in [2.75, 3.05) is 19.6 Å². The van der Waals surface area contributed by atoms with Crippen molar-refractivity contribution in [3.05, 3.63) is 29.6 Å². The van der Waals surface area contributed by atoms with Crippen LogP contribution in [0, 0.1) is 11.7 Å². The first kappa shape index (κ1) is 15.3. The Balaban J connectivity index is 1.88. The zero-order chi connectivity index (χ0) is 14.7. The van der Waals surface area contributed by atoms with Gasteiger partial charge in [-0.3, -0.25) is 4.79 Å². The van der Waals surface area contributed by atoms with E-state index in [2.05, 4.69) is 36.7 Å². The number of carbonyl (C=O) groups is 1. The average molecular weight is 296 g/mol. The Bertz CT molecular complexity index is 493. The molecule has 5 heteroatoms. The molecule has 0 spiro atoms. The molecule has 0 aliphatic carbocycles. The van der Waals surface area contributed by atoms with Crippen LogP contribution in [0.15, 0.2) is 23.1 Å². The zero-order valence-electron chi connectivity index (χ0n) is 11.9. The van der Waals surface area contributed by atoms with Crippen LogP contribution in [-0.2, 0) is 0 Å². The lowest BCUT2D eigenvalue weighted by molar-refractivity contribution is 0.0943. The maximum absolute atomic E-state index is 13.6. The normalized spacial score (nSPS) is 19.6. The second-order valence-electron chi connectivity index (χ2n) is 5.62. The lowest BCUT2D eigenvalue weighted by Gasteiger charge is -2.20. The number of benzene rings is 1. The predicted molar refractivity (Wildman–Crippen MR) is 80.8 cm³/mol. The number of carbonyl (C=O) groups excluding carboxylic acids is 1. The fraction of sp³-hybridized carbons (Fsp3) is 0.533. The molecule has 1 fully saturated rings. The van der Waals surface area contributed by atoms with E-state index in [1.807, 2.05) is 0 Å². The highest BCUT2D eigenvalue weighted by Gasteiger charge is 2.24. The highest BCUT2D eigenvalue weighted by molar-refractivity contribution is 7.80. The van der Waals surface area contributed by atoms with Crippen LogP contribution in [0.25, 0.3) is 0 Å². The monoisotopic (exact) mass is 296 g/mol. The minimum absolute atomic E-state index is 0.0659. The van der Waals surface area contributed by atoms with Crippen LogP contribution < -0.4 is 5.32 Å². The van der Waals surface area contributed by atoms with E-state index in [4.69, 9.17) is 0 Å². The molecule has 110 valence electrons. The van der Waals surface area contributed by atoms with Crippen molar-refractivity contribution in [3.63, 3.8) is 0 Å². The molecule has 1 aromatic rings. The maximum atomic E-state index is 13.6. The Morgan fingerprint density at radius 2 is 2.30 bits per heavy atom. The molecule has 1 aliphatic heterocycles. The molecular formula is C15H21FN2OS. The van der Waals surface area contributed by atoms with E-state index < -0.39 is 5.82 Å². The molecule has 1 unspecified atom stereocenters. The summed E-state index contributed by atoms with van der Waals surface area (Å²) >= 11 is 4.13. The summed E-state index contributed by atoms with van der Waals surface area (Å²) in [5.41, 5.74) is 0.0659. The highest BCUT2D eigenvalue weighted by atomic mass is 32.1. The Hall–Kier alpha value is -1.07. The molecular weight excluding hydrogens is 275 g/mol. The molecule has 3 nitrogen and oxygen atoms in total. The molecule has 20 heavy (non-hydrogen) atoms. The summed E-state index contributed by atoms with van der Waals surface area (Å²) in [4.78, 5) is 15.0. The van der Waals surface area contributed by atoms with Gasteiger partial charge in [-0.2, -0.15) is 0 Å². The van der Waals surface area contributed by atoms with Gasteiger partial charge in [0.1, 0.15) is 5.82 Å². The van der Waals surface area contributed by atoms with Crippen molar-refractivity contribution in [1.82, 2.24) is 10.2 Å². The van der Waals surface area contributed by atoms with Crippen molar-refractivity contribution in [2.24, 2.45) is 5.92 Å².